The number of aliphatic hydroxyl groups is 1. The molecule has 1 rings (SSSR count). The van der Waals surface area contributed by atoms with Gasteiger partial charge in [0.1, 0.15) is 0 Å². The molecule has 0 amide bonds. The molecular weight excluding hydrogens is 164 g/mol. The minimum atomic E-state index is 0.280. The van der Waals surface area contributed by atoms with Gasteiger partial charge in [-0.05, 0) is 39.8 Å². The smallest absolute Gasteiger partial charge is 0.0558 e. The third kappa shape index (κ3) is 3.25. The normalized spacial score (nSPS) is 29.5. The summed E-state index contributed by atoms with van der Waals surface area (Å²) in [4.78, 5) is 2.28. The van der Waals surface area contributed by atoms with E-state index < -0.39 is 0 Å². The molecule has 1 aliphatic carbocycles. The Balaban J connectivity index is 2.23. The number of nitrogens with one attached hydrogen (secondary N) is 1. The van der Waals surface area contributed by atoms with Crippen molar-refractivity contribution in [1.29, 1.82) is 0 Å². The Morgan fingerprint density at radius 1 is 1.31 bits per heavy atom. The summed E-state index contributed by atoms with van der Waals surface area (Å²) in [5.41, 5.74) is 0. The van der Waals surface area contributed by atoms with Gasteiger partial charge in [-0.15, -0.1) is 0 Å². The standard InChI is InChI=1S/C10H22N2O/c1-11-9-3-5-10(6-4-9)12(2)7-8-13/h9-11,13H,3-8H2,1-2H3. The van der Waals surface area contributed by atoms with Crippen LogP contribution in [0.1, 0.15) is 25.7 Å². The number of hydrogen-bond acceptors (Lipinski definition) is 3. The van der Waals surface area contributed by atoms with Crippen LogP contribution >= 0.6 is 0 Å². The van der Waals surface area contributed by atoms with Crippen molar-refractivity contribution in [1.82, 2.24) is 10.2 Å². The maximum Gasteiger partial charge on any atom is 0.0558 e. The summed E-state index contributed by atoms with van der Waals surface area (Å²) in [5.74, 6) is 0. The third-order valence-electron chi connectivity index (χ3n) is 3.18. The lowest BCUT2D eigenvalue weighted by Gasteiger charge is -2.34. The molecule has 2 N–H and O–H groups in total. The predicted octanol–water partition coefficient (Wildman–Crippen LogP) is 0.441. The van der Waals surface area contributed by atoms with Gasteiger partial charge in [-0.1, -0.05) is 0 Å². The molecule has 0 heterocycles. The Morgan fingerprint density at radius 3 is 2.38 bits per heavy atom. The van der Waals surface area contributed by atoms with Gasteiger partial charge >= 0.3 is 0 Å². The second kappa shape index (κ2) is 5.58. The maximum atomic E-state index is 8.81. The van der Waals surface area contributed by atoms with E-state index in [9.17, 15) is 0 Å². The Morgan fingerprint density at radius 2 is 1.92 bits per heavy atom. The van der Waals surface area contributed by atoms with E-state index in [1.54, 1.807) is 0 Å². The van der Waals surface area contributed by atoms with Crippen molar-refractivity contribution in [3.8, 4) is 0 Å². The van der Waals surface area contributed by atoms with E-state index in [1.165, 1.54) is 25.7 Å². The van der Waals surface area contributed by atoms with E-state index >= 15 is 0 Å². The molecule has 0 spiro atoms. The molecule has 1 saturated carbocycles. The van der Waals surface area contributed by atoms with Gasteiger partial charge in [-0.3, -0.25) is 0 Å². The molecule has 0 atom stereocenters. The molecule has 0 aromatic carbocycles. The van der Waals surface area contributed by atoms with Crippen molar-refractivity contribution in [2.75, 3.05) is 27.2 Å². The predicted molar refractivity (Wildman–Crippen MR) is 54.8 cm³/mol. The first kappa shape index (κ1) is 11.0. The molecular formula is C10H22N2O. The van der Waals surface area contributed by atoms with E-state index in [0.717, 1.165) is 12.6 Å². The van der Waals surface area contributed by atoms with Crippen LogP contribution in [0.5, 0.6) is 0 Å². The summed E-state index contributed by atoms with van der Waals surface area (Å²) in [5, 5.41) is 12.1. The molecule has 0 saturated heterocycles. The van der Waals surface area contributed by atoms with E-state index in [4.69, 9.17) is 5.11 Å². The fourth-order valence-electron chi connectivity index (χ4n) is 2.15. The van der Waals surface area contributed by atoms with Gasteiger partial charge in [-0.2, -0.15) is 0 Å². The number of likely N-dealkylation sites (N-methyl/N-ethyl adjacent to an activating group) is 1. The van der Waals surface area contributed by atoms with Crippen molar-refractivity contribution in [2.45, 2.75) is 37.8 Å². The lowest BCUT2D eigenvalue weighted by atomic mass is 9.90. The minimum Gasteiger partial charge on any atom is -0.395 e. The molecule has 1 aliphatic rings. The van der Waals surface area contributed by atoms with Gasteiger partial charge in [0.2, 0.25) is 0 Å². The Labute approximate surface area is 81.1 Å². The zero-order chi connectivity index (χ0) is 9.68. The monoisotopic (exact) mass is 186 g/mol. The highest BCUT2D eigenvalue weighted by Crippen LogP contribution is 2.21. The van der Waals surface area contributed by atoms with Gasteiger partial charge in [0, 0.05) is 18.6 Å². The van der Waals surface area contributed by atoms with Crippen molar-refractivity contribution in [2.24, 2.45) is 0 Å². The fraction of sp³-hybridized carbons (Fsp3) is 1.00. The van der Waals surface area contributed by atoms with Gasteiger partial charge in [0.15, 0.2) is 0 Å². The topological polar surface area (TPSA) is 35.5 Å². The summed E-state index contributed by atoms with van der Waals surface area (Å²) in [7, 11) is 4.16. The molecule has 0 bridgehead atoms. The van der Waals surface area contributed by atoms with Crippen LogP contribution in [-0.4, -0.2) is 49.3 Å². The third-order valence-corrected chi connectivity index (χ3v) is 3.18. The number of nitrogens with zero attached hydrogens (tertiary/aromatic N) is 1. The molecule has 0 aliphatic heterocycles. The number of rotatable bonds is 4. The Bertz CT molecular complexity index is 133. The lowest BCUT2D eigenvalue weighted by molar-refractivity contribution is 0.143. The largest absolute Gasteiger partial charge is 0.395 e. The summed E-state index contributed by atoms with van der Waals surface area (Å²) >= 11 is 0. The van der Waals surface area contributed by atoms with Crippen LogP contribution in [0.2, 0.25) is 0 Å². The quantitative estimate of drug-likeness (QED) is 0.669. The molecule has 0 unspecified atom stereocenters. The number of aliphatic hydroxyl groups excluding tert-OH is 1. The molecule has 0 aromatic rings. The van der Waals surface area contributed by atoms with E-state index in [0.29, 0.717) is 6.04 Å². The first-order valence-electron chi connectivity index (χ1n) is 5.26. The zero-order valence-electron chi connectivity index (χ0n) is 8.79. The average Bonchev–Trinajstić information content (AvgIpc) is 2.18. The highest BCUT2D eigenvalue weighted by atomic mass is 16.3. The summed E-state index contributed by atoms with van der Waals surface area (Å²) < 4.78 is 0. The first-order valence-corrected chi connectivity index (χ1v) is 5.26. The summed E-state index contributed by atoms with van der Waals surface area (Å²) in [6.45, 7) is 1.09. The SMILES string of the molecule is CNC1CCC(N(C)CCO)CC1. The van der Waals surface area contributed by atoms with Gasteiger partial charge < -0.3 is 15.3 Å². The Kier molecular flexibility index (Phi) is 4.70. The zero-order valence-corrected chi connectivity index (χ0v) is 8.79. The highest BCUT2D eigenvalue weighted by Gasteiger charge is 2.22. The lowest BCUT2D eigenvalue weighted by Crippen LogP contribution is -2.40. The molecule has 0 aromatic heterocycles. The van der Waals surface area contributed by atoms with Crippen LogP contribution in [0.4, 0.5) is 0 Å². The van der Waals surface area contributed by atoms with E-state index in [2.05, 4.69) is 17.3 Å². The maximum absolute atomic E-state index is 8.81. The van der Waals surface area contributed by atoms with E-state index in [-0.39, 0.29) is 6.61 Å². The van der Waals surface area contributed by atoms with Crippen molar-refractivity contribution >= 4 is 0 Å². The van der Waals surface area contributed by atoms with Crippen LogP contribution in [0.3, 0.4) is 0 Å². The van der Waals surface area contributed by atoms with Crippen LogP contribution in [0.15, 0.2) is 0 Å². The number of hydrogen-bond donors (Lipinski definition) is 2. The molecule has 13 heavy (non-hydrogen) atoms. The minimum absolute atomic E-state index is 0.280. The van der Waals surface area contributed by atoms with Crippen LogP contribution in [-0.2, 0) is 0 Å². The van der Waals surface area contributed by atoms with Crippen molar-refractivity contribution < 1.29 is 5.11 Å². The van der Waals surface area contributed by atoms with Gasteiger partial charge in [-0.25, -0.2) is 0 Å². The van der Waals surface area contributed by atoms with Crippen molar-refractivity contribution in [3.05, 3.63) is 0 Å². The summed E-state index contributed by atoms with van der Waals surface area (Å²) in [6.07, 6.45) is 5.08. The van der Waals surface area contributed by atoms with Gasteiger partial charge in [0.25, 0.3) is 0 Å². The van der Waals surface area contributed by atoms with E-state index in [1.807, 2.05) is 7.05 Å². The molecule has 1 fully saturated rings. The fourth-order valence-corrected chi connectivity index (χ4v) is 2.15. The molecule has 3 heteroatoms. The van der Waals surface area contributed by atoms with Gasteiger partial charge in [0.05, 0.1) is 6.61 Å². The van der Waals surface area contributed by atoms with Crippen LogP contribution < -0.4 is 5.32 Å². The molecule has 3 nitrogen and oxygen atoms in total. The van der Waals surface area contributed by atoms with Crippen LogP contribution in [0.25, 0.3) is 0 Å². The van der Waals surface area contributed by atoms with Crippen molar-refractivity contribution in [3.63, 3.8) is 0 Å². The second-order valence-electron chi connectivity index (χ2n) is 4.00. The first-order chi connectivity index (χ1) is 6.27. The molecule has 0 radical (unpaired) electrons. The molecule has 78 valence electrons. The summed E-state index contributed by atoms with van der Waals surface area (Å²) in [6, 6.07) is 1.41. The van der Waals surface area contributed by atoms with Crippen LogP contribution in [0, 0.1) is 0 Å². The highest BCUT2D eigenvalue weighted by molar-refractivity contribution is 4.80. The second-order valence-corrected chi connectivity index (χ2v) is 4.00. The Hall–Kier alpha value is -0.120. The average molecular weight is 186 g/mol.